The van der Waals surface area contributed by atoms with Crippen molar-refractivity contribution >= 4 is 5.69 Å². The van der Waals surface area contributed by atoms with Gasteiger partial charge in [0.1, 0.15) is 6.07 Å². The highest BCUT2D eigenvalue weighted by atomic mass is 15.4. The van der Waals surface area contributed by atoms with Gasteiger partial charge in [0.05, 0.1) is 17.4 Å². The maximum Gasteiger partial charge on any atom is 0.101 e. The van der Waals surface area contributed by atoms with Gasteiger partial charge in [-0.15, -0.1) is 0 Å². The zero-order valence-corrected chi connectivity index (χ0v) is 7.38. The van der Waals surface area contributed by atoms with Gasteiger partial charge < -0.3 is 0 Å². The largest absolute Gasteiger partial charge is 0.292 e. The molecule has 68 valence electrons. The standard InChI is InChI=1S/C10H8N4/c11-7-9-3-4-12-8-10(9)13-14-5-1-2-6-14/h1-6,8,13H. The molecule has 2 heterocycles. The first-order valence-corrected chi connectivity index (χ1v) is 4.14. The number of pyridine rings is 1. The minimum atomic E-state index is 0.577. The first-order valence-electron chi connectivity index (χ1n) is 4.14. The average molecular weight is 184 g/mol. The van der Waals surface area contributed by atoms with Crippen LogP contribution in [0.15, 0.2) is 43.0 Å². The SMILES string of the molecule is N#Cc1ccncc1Nn1cccc1. The molecule has 0 bridgehead atoms. The van der Waals surface area contributed by atoms with E-state index in [4.69, 9.17) is 5.26 Å². The van der Waals surface area contributed by atoms with Crippen LogP contribution >= 0.6 is 0 Å². The van der Waals surface area contributed by atoms with Crippen molar-refractivity contribution in [2.45, 2.75) is 0 Å². The monoisotopic (exact) mass is 184 g/mol. The minimum absolute atomic E-state index is 0.577. The summed E-state index contributed by atoms with van der Waals surface area (Å²) in [6.07, 6.45) is 6.93. The van der Waals surface area contributed by atoms with Gasteiger partial charge in [0.25, 0.3) is 0 Å². The molecule has 14 heavy (non-hydrogen) atoms. The molecule has 2 aromatic heterocycles. The number of aromatic nitrogens is 2. The van der Waals surface area contributed by atoms with Crippen LogP contribution < -0.4 is 5.43 Å². The maximum absolute atomic E-state index is 8.82. The molecule has 0 aliphatic rings. The Bertz CT molecular complexity index is 453. The Morgan fingerprint density at radius 3 is 2.86 bits per heavy atom. The Labute approximate surface area is 81.4 Å². The van der Waals surface area contributed by atoms with Crippen LogP contribution in [0.5, 0.6) is 0 Å². The van der Waals surface area contributed by atoms with E-state index in [0.717, 1.165) is 0 Å². The molecule has 0 aliphatic heterocycles. The Morgan fingerprint density at radius 2 is 2.14 bits per heavy atom. The molecule has 0 radical (unpaired) electrons. The summed E-state index contributed by atoms with van der Waals surface area (Å²) < 4.78 is 1.76. The molecule has 0 aliphatic carbocycles. The quantitative estimate of drug-likeness (QED) is 0.771. The molecular weight excluding hydrogens is 176 g/mol. The van der Waals surface area contributed by atoms with Gasteiger partial charge in [-0.1, -0.05) is 0 Å². The lowest BCUT2D eigenvalue weighted by molar-refractivity contribution is 0.965. The highest BCUT2D eigenvalue weighted by Gasteiger charge is 1.99. The molecule has 4 heteroatoms. The van der Waals surface area contributed by atoms with Crippen molar-refractivity contribution in [3.05, 3.63) is 48.5 Å². The number of nitriles is 1. The lowest BCUT2D eigenvalue weighted by atomic mass is 10.2. The second kappa shape index (κ2) is 3.62. The van der Waals surface area contributed by atoms with Crippen LogP contribution in [0.4, 0.5) is 5.69 Å². The molecule has 4 nitrogen and oxygen atoms in total. The first-order chi connectivity index (χ1) is 6.90. The van der Waals surface area contributed by atoms with Gasteiger partial charge in [-0.05, 0) is 18.2 Å². The molecule has 0 amide bonds. The van der Waals surface area contributed by atoms with E-state index >= 15 is 0 Å². The summed E-state index contributed by atoms with van der Waals surface area (Å²) in [6, 6.07) is 7.56. The fourth-order valence-corrected chi connectivity index (χ4v) is 1.13. The van der Waals surface area contributed by atoms with Crippen molar-refractivity contribution < 1.29 is 0 Å². The molecule has 1 N–H and O–H groups in total. The number of nitrogens with one attached hydrogen (secondary N) is 1. The summed E-state index contributed by atoms with van der Waals surface area (Å²) in [7, 11) is 0. The van der Waals surface area contributed by atoms with E-state index in [-0.39, 0.29) is 0 Å². The fourth-order valence-electron chi connectivity index (χ4n) is 1.13. The third-order valence-corrected chi connectivity index (χ3v) is 1.80. The van der Waals surface area contributed by atoms with Crippen LogP contribution in [0.3, 0.4) is 0 Å². The molecule has 0 spiro atoms. The molecule has 2 rings (SSSR count). The number of hydrogen-bond donors (Lipinski definition) is 1. The van der Waals surface area contributed by atoms with Gasteiger partial charge in [0.2, 0.25) is 0 Å². The van der Waals surface area contributed by atoms with Gasteiger partial charge >= 0.3 is 0 Å². The predicted octanol–water partition coefficient (Wildman–Crippen LogP) is 1.63. The van der Waals surface area contributed by atoms with Gasteiger partial charge in [-0.2, -0.15) is 5.26 Å². The van der Waals surface area contributed by atoms with E-state index in [1.807, 2.05) is 24.5 Å². The van der Waals surface area contributed by atoms with Crippen molar-refractivity contribution in [2.75, 3.05) is 5.43 Å². The fraction of sp³-hybridized carbons (Fsp3) is 0. The highest BCUT2D eigenvalue weighted by Crippen LogP contribution is 2.11. The van der Waals surface area contributed by atoms with E-state index in [9.17, 15) is 0 Å². The van der Waals surface area contributed by atoms with Crippen LogP contribution in [0, 0.1) is 11.3 Å². The molecule has 2 aromatic rings. The Hall–Kier alpha value is -2.28. The number of nitrogens with zero attached hydrogens (tertiary/aromatic N) is 3. The Balaban J connectivity index is 2.30. The molecule has 0 aromatic carbocycles. The smallest absolute Gasteiger partial charge is 0.101 e. The van der Waals surface area contributed by atoms with Gasteiger partial charge in [0.15, 0.2) is 0 Å². The zero-order chi connectivity index (χ0) is 9.80. The van der Waals surface area contributed by atoms with E-state index in [1.165, 1.54) is 0 Å². The van der Waals surface area contributed by atoms with Crippen LogP contribution in [-0.4, -0.2) is 9.66 Å². The molecule has 0 saturated carbocycles. The molecule has 0 unspecified atom stereocenters. The van der Waals surface area contributed by atoms with E-state index < -0.39 is 0 Å². The van der Waals surface area contributed by atoms with Crippen LogP contribution in [0.2, 0.25) is 0 Å². The molecular formula is C10H8N4. The highest BCUT2D eigenvalue weighted by molar-refractivity contribution is 5.55. The lowest BCUT2D eigenvalue weighted by Crippen LogP contribution is -2.07. The van der Waals surface area contributed by atoms with Crippen LogP contribution in [-0.2, 0) is 0 Å². The minimum Gasteiger partial charge on any atom is -0.292 e. The Kier molecular flexibility index (Phi) is 2.15. The summed E-state index contributed by atoms with van der Waals surface area (Å²) in [6.45, 7) is 0. The summed E-state index contributed by atoms with van der Waals surface area (Å²) >= 11 is 0. The second-order valence-electron chi connectivity index (χ2n) is 2.74. The van der Waals surface area contributed by atoms with Crippen molar-refractivity contribution in [1.29, 1.82) is 5.26 Å². The first kappa shape index (κ1) is 8.32. The maximum atomic E-state index is 8.82. The van der Waals surface area contributed by atoms with Crippen molar-refractivity contribution in [3.8, 4) is 6.07 Å². The van der Waals surface area contributed by atoms with E-state index in [0.29, 0.717) is 11.3 Å². The molecule has 0 atom stereocenters. The summed E-state index contributed by atoms with van der Waals surface area (Å²) in [5.41, 5.74) is 4.31. The lowest BCUT2D eigenvalue weighted by Gasteiger charge is -2.07. The number of rotatable bonds is 2. The van der Waals surface area contributed by atoms with Gasteiger partial charge in [-0.3, -0.25) is 15.1 Å². The third-order valence-electron chi connectivity index (χ3n) is 1.80. The molecule has 0 saturated heterocycles. The van der Waals surface area contributed by atoms with Crippen molar-refractivity contribution in [1.82, 2.24) is 9.66 Å². The summed E-state index contributed by atoms with van der Waals surface area (Å²) in [5.74, 6) is 0. The number of anilines is 1. The Morgan fingerprint density at radius 1 is 1.36 bits per heavy atom. The van der Waals surface area contributed by atoms with E-state index in [2.05, 4.69) is 16.5 Å². The van der Waals surface area contributed by atoms with Crippen molar-refractivity contribution in [3.63, 3.8) is 0 Å². The normalized spacial score (nSPS) is 9.36. The zero-order valence-electron chi connectivity index (χ0n) is 7.38. The van der Waals surface area contributed by atoms with Crippen molar-refractivity contribution in [2.24, 2.45) is 0 Å². The predicted molar refractivity (Wildman–Crippen MR) is 52.4 cm³/mol. The second-order valence-corrected chi connectivity index (χ2v) is 2.74. The average Bonchev–Trinajstić information content (AvgIpc) is 2.71. The van der Waals surface area contributed by atoms with Gasteiger partial charge in [-0.25, -0.2) is 0 Å². The topological polar surface area (TPSA) is 53.6 Å². The third kappa shape index (κ3) is 1.57. The van der Waals surface area contributed by atoms with Crippen LogP contribution in [0.25, 0.3) is 0 Å². The number of hydrogen-bond acceptors (Lipinski definition) is 3. The summed E-state index contributed by atoms with van der Waals surface area (Å²) in [5, 5.41) is 8.82. The van der Waals surface area contributed by atoms with Gasteiger partial charge in [0, 0.05) is 18.6 Å². The van der Waals surface area contributed by atoms with E-state index in [1.54, 1.807) is 23.1 Å². The van der Waals surface area contributed by atoms with Crippen LogP contribution in [0.1, 0.15) is 5.56 Å². The summed E-state index contributed by atoms with van der Waals surface area (Å²) in [4.78, 5) is 3.95. The molecule has 0 fully saturated rings.